The summed E-state index contributed by atoms with van der Waals surface area (Å²) in [4.78, 5) is 26.3. The minimum Gasteiger partial charge on any atom is -0.493 e. The fourth-order valence-electron chi connectivity index (χ4n) is 3.72. The quantitative estimate of drug-likeness (QED) is 0.382. The minimum absolute atomic E-state index is 0.189. The van der Waals surface area contributed by atoms with Gasteiger partial charge in [-0.05, 0) is 32.9 Å². The molecule has 0 aliphatic rings. The van der Waals surface area contributed by atoms with E-state index in [0.717, 1.165) is 0 Å². The number of ether oxygens (including phenoxy) is 1. The van der Waals surface area contributed by atoms with Crippen LogP contribution < -0.4 is 15.8 Å². The molecule has 0 fully saturated rings. The first-order valence-electron chi connectivity index (χ1n) is 11.1. The Morgan fingerprint density at radius 3 is 2.61 bits per heavy atom. The van der Waals surface area contributed by atoms with Crippen LogP contribution in [0.5, 0.6) is 5.75 Å². The number of nitrogens with one attached hydrogen (secondary N) is 2. The molecule has 10 nitrogen and oxygen atoms in total. The van der Waals surface area contributed by atoms with Gasteiger partial charge >= 0.3 is 0 Å². The Hall–Kier alpha value is -4.23. The summed E-state index contributed by atoms with van der Waals surface area (Å²) in [6.07, 6.45) is 2.84. The van der Waals surface area contributed by atoms with Crippen molar-refractivity contribution in [2.75, 3.05) is 31.8 Å². The van der Waals surface area contributed by atoms with Crippen LogP contribution in [0.15, 0.2) is 30.7 Å². The molecule has 1 aromatic carbocycles. The fourth-order valence-corrected chi connectivity index (χ4v) is 3.97. The number of nitrogen functional groups attached to an aromatic ring is 1. The van der Waals surface area contributed by atoms with Crippen molar-refractivity contribution in [3.63, 3.8) is 0 Å². The Labute approximate surface area is 214 Å². The predicted octanol–water partition coefficient (Wildman–Crippen LogP) is 4.31. The zero-order valence-corrected chi connectivity index (χ0v) is 21.4. The molecule has 1 atom stereocenters. The zero-order chi connectivity index (χ0) is 26.6. The fraction of sp³-hybridized carbons (Fsp3) is 0.280. The Morgan fingerprint density at radius 1 is 1.33 bits per heavy atom. The van der Waals surface area contributed by atoms with Gasteiger partial charge < -0.3 is 26.1 Å². The first-order valence-corrected chi connectivity index (χ1v) is 11.5. The molecule has 0 bridgehead atoms. The van der Waals surface area contributed by atoms with Crippen LogP contribution in [0.25, 0.3) is 11.1 Å². The van der Waals surface area contributed by atoms with E-state index in [1.807, 2.05) is 13.8 Å². The number of rotatable bonds is 8. The Morgan fingerprint density at radius 2 is 2.06 bits per heavy atom. The number of carbonyl (C=O) groups is 1. The Balaban J connectivity index is 2.17. The predicted molar refractivity (Wildman–Crippen MR) is 140 cm³/mol. The van der Waals surface area contributed by atoms with Gasteiger partial charge in [-0.1, -0.05) is 17.7 Å². The van der Waals surface area contributed by atoms with Gasteiger partial charge in [-0.3, -0.25) is 9.78 Å². The maximum absolute atomic E-state index is 12.3. The second kappa shape index (κ2) is 11.0. The Kier molecular flexibility index (Phi) is 8.07. The summed E-state index contributed by atoms with van der Waals surface area (Å²) in [5, 5.41) is 21.5. The van der Waals surface area contributed by atoms with E-state index in [9.17, 15) is 10.1 Å². The molecule has 0 aliphatic carbocycles. The van der Waals surface area contributed by atoms with Crippen LogP contribution in [0, 0.1) is 16.7 Å². The molecule has 0 saturated carbocycles. The van der Waals surface area contributed by atoms with E-state index >= 15 is 0 Å². The second-order valence-electron chi connectivity index (χ2n) is 8.18. The van der Waals surface area contributed by atoms with Crippen LogP contribution in [0.4, 0.5) is 11.6 Å². The number of aromatic nitrogens is 3. The van der Waals surface area contributed by atoms with Crippen molar-refractivity contribution in [1.29, 1.82) is 10.7 Å². The van der Waals surface area contributed by atoms with Crippen LogP contribution in [-0.4, -0.2) is 52.2 Å². The molecule has 3 rings (SSSR count). The van der Waals surface area contributed by atoms with Crippen molar-refractivity contribution < 1.29 is 9.53 Å². The van der Waals surface area contributed by atoms with Crippen molar-refractivity contribution >= 4 is 34.9 Å². The summed E-state index contributed by atoms with van der Waals surface area (Å²) in [6.45, 7) is 5.65. The van der Waals surface area contributed by atoms with Crippen LogP contribution >= 0.6 is 11.6 Å². The molecule has 1 unspecified atom stereocenters. The topological polar surface area (TPSA) is 154 Å². The van der Waals surface area contributed by atoms with E-state index in [1.54, 1.807) is 39.2 Å². The van der Waals surface area contributed by atoms with Gasteiger partial charge in [0.15, 0.2) is 0 Å². The van der Waals surface area contributed by atoms with Gasteiger partial charge in [0.25, 0.3) is 5.91 Å². The maximum Gasteiger partial charge on any atom is 0.271 e. The molecule has 2 heterocycles. The number of benzene rings is 1. The van der Waals surface area contributed by atoms with Crippen molar-refractivity contribution in [2.45, 2.75) is 26.8 Å². The van der Waals surface area contributed by atoms with E-state index in [4.69, 9.17) is 27.5 Å². The van der Waals surface area contributed by atoms with E-state index in [2.05, 4.69) is 26.3 Å². The molecule has 11 heteroatoms. The minimum atomic E-state index is -0.412. The summed E-state index contributed by atoms with van der Waals surface area (Å²) in [6, 6.07) is 6.73. The first kappa shape index (κ1) is 26.4. The standard InChI is InChI=1S/C25H27ClN8O2/c1-6-36-22-16(14(3)33-24-20(13(2)28)23(29)31-12-32-24)9-18(26)17(10-27)21(22)15-7-8-19(30-11-15)25(35)34(4)5/h7-9,11-12,14,28H,6H2,1-5H3,(H3,29,31,32,33). The van der Waals surface area contributed by atoms with E-state index in [-0.39, 0.29) is 33.7 Å². The number of hydrogen-bond acceptors (Lipinski definition) is 9. The molecular formula is C25H27ClN8O2. The number of pyridine rings is 1. The van der Waals surface area contributed by atoms with Crippen LogP contribution in [0.2, 0.25) is 5.02 Å². The molecule has 0 radical (unpaired) electrons. The third-order valence-electron chi connectivity index (χ3n) is 5.41. The van der Waals surface area contributed by atoms with Crippen LogP contribution in [0.3, 0.4) is 0 Å². The van der Waals surface area contributed by atoms with Crippen molar-refractivity contribution in [1.82, 2.24) is 19.9 Å². The molecular weight excluding hydrogens is 480 g/mol. The van der Waals surface area contributed by atoms with Crippen molar-refractivity contribution in [3.8, 4) is 22.9 Å². The smallest absolute Gasteiger partial charge is 0.271 e. The van der Waals surface area contributed by atoms with Gasteiger partial charge in [-0.25, -0.2) is 9.97 Å². The van der Waals surface area contributed by atoms with E-state index < -0.39 is 6.04 Å². The number of anilines is 2. The van der Waals surface area contributed by atoms with Gasteiger partial charge in [0.2, 0.25) is 0 Å². The van der Waals surface area contributed by atoms with Gasteiger partial charge in [-0.2, -0.15) is 5.26 Å². The number of halogens is 1. The van der Waals surface area contributed by atoms with Gasteiger partial charge in [0, 0.05) is 42.7 Å². The molecule has 3 aromatic rings. The molecule has 36 heavy (non-hydrogen) atoms. The summed E-state index contributed by atoms with van der Waals surface area (Å²) < 4.78 is 6.04. The summed E-state index contributed by atoms with van der Waals surface area (Å²) in [5.74, 6) is 0.787. The van der Waals surface area contributed by atoms with Gasteiger partial charge in [-0.15, -0.1) is 0 Å². The van der Waals surface area contributed by atoms with Crippen molar-refractivity contribution in [3.05, 3.63) is 58.1 Å². The lowest BCUT2D eigenvalue weighted by molar-refractivity contribution is 0.0822. The molecule has 0 spiro atoms. The third kappa shape index (κ3) is 5.21. The van der Waals surface area contributed by atoms with Gasteiger partial charge in [0.05, 0.1) is 28.8 Å². The summed E-state index contributed by atoms with van der Waals surface area (Å²) in [5.41, 5.74) is 8.79. The number of nitrogens with zero attached hydrogens (tertiary/aromatic N) is 5. The monoisotopic (exact) mass is 506 g/mol. The number of hydrogen-bond donors (Lipinski definition) is 3. The van der Waals surface area contributed by atoms with Crippen LogP contribution in [0.1, 0.15) is 54.0 Å². The largest absolute Gasteiger partial charge is 0.493 e. The van der Waals surface area contributed by atoms with Gasteiger partial charge in [0.1, 0.15) is 35.5 Å². The molecule has 4 N–H and O–H groups in total. The van der Waals surface area contributed by atoms with E-state index in [1.165, 1.54) is 17.4 Å². The molecule has 0 aliphatic heterocycles. The molecule has 0 saturated heterocycles. The number of nitrogens with two attached hydrogens (primary N) is 1. The second-order valence-corrected chi connectivity index (χ2v) is 8.58. The summed E-state index contributed by atoms with van der Waals surface area (Å²) >= 11 is 6.57. The lowest BCUT2D eigenvalue weighted by atomic mass is 9.94. The maximum atomic E-state index is 12.3. The average Bonchev–Trinajstić information content (AvgIpc) is 2.84. The SMILES string of the molecule is CCOc1c(C(C)Nc2ncnc(N)c2C(C)=N)cc(Cl)c(C#N)c1-c1ccc(C(=O)N(C)C)nc1. The zero-order valence-electron chi connectivity index (χ0n) is 20.7. The highest BCUT2D eigenvalue weighted by molar-refractivity contribution is 6.32. The molecule has 1 amide bonds. The highest BCUT2D eigenvalue weighted by Gasteiger charge is 2.25. The number of amides is 1. The Bertz CT molecular complexity index is 1350. The van der Waals surface area contributed by atoms with E-state index in [0.29, 0.717) is 40.4 Å². The highest BCUT2D eigenvalue weighted by atomic mass is 35.5. The lowest BCUT2D eigenvalue weighted by Gasteiger charge is -2.23. The molecule has 186 valence electrons. The first-order chi connectivity index (χ1) is 17.1. The highest BCUT2D eigenvalue weighted by Crippen LogP contribution is 2.43. The van der Waals surface area contributed by atoms with Crippen molar-refractivity contribution in [2.24, 2.45) is 0 Å². The van der Waals surface area contributed by atoms with Crippen LogP contribution in [-0.2, 0) is 0 Å². The normalized spacial score (nSPS) is 11.4. The molecule has 2 aromatic heterocycles. The number of carbonyl (C=O) groups excluding carboxylic acids is 1. The average molecular weight is 507 g/mol. The third-order valence-corrected chi connectivity index (χ3v) is 5.71. The number of nitriles is 1. The lowest BCUT2D eigenvalue weighted by Crippen LogP contribution is -2.22. The summed E-state index contributed by atoms with van der Waals surface area (Å²) in [7, 11) is 3.29.